The van der Waals surface area contributed by atoms with Gasteiger partial charge in [0.25, 0.3) is 0 Å². The maximum absolute atomic E-state index is 13.2. The van der Waals surface area contributed by atoms with Crippen LogP contribution in [0.15, 0.2) is 41.4 Å². The third-order valence-electron chi connectivity index (χ3n) is 4.10. The lowest BCUT2D eigenvalue weighted by atomic mass is 10.1. The van der Waals surface area contributed by atoms with E-state index in [1.807, 2.05) is 32.9 Å². The van der Waals surface area contributed by atoms with Crippen LogP contribution in [-0.4, -0.2) is 36.5 Å². The van der Waals surface area contributed by atoms with Crippen molar-refractivity contribution < 1.29 is 9.18 Å². The van der Waals surface area contributed by atoms with E-state index in [-0.39, 0.29) is 18.1 Å². The molecule has 0 unspecified atom stereocenters. The van der Waals surface area contributed by atoms with Crippen LogP contribution in [-0.2, 0) is 11.2 Å². The fourth-order valence-corrected chi connectivity index (χ4v) is 2.68. The SMILES string of the molecule is CCNC(=NCCC(=O)Nc1cccc(C)n1)NCCc1ccc(F)cc1C. The minimum atomic E-state index is -0.219. The second kappa shape index (κ2) is 11.0. The second-order valence-electron chi connectivity index (χ2n) is 6.47. The molecular formula is C21H28FN5O. The third-order valence-corrected chi connectivity index (χ3v) is 4.10. The molecule has 0 aliphatic heterocycles. The Morgan fingerprint density at radius 1 is 1.18 bits per heavy atom. The zero-order chi connectivity index (χ0) is 20.4. The standard InChI is InChI=1S/C21H28FN5O/c1-4-23-21(24-12-10-17-8-9-18(22)14-15(17)2)25-13-11-20(28)27-19-7-5-6-16(3)26-19/h5-9,14H,4,10-13H2,1-3H3,(H2,23,24,25)(H,26,27,28). The molecule has 150 valence electrons. The van der Waals surface area contributed by atoms with Gasteiger partial charge in [0.2, 0.25) is 5.91 Å². The number of aromatic nitrogens is 1. The highest BCUT2D eigenvalue weighted by molar-refractivity contribution is 5.90. The Balaban J connectivity index is 1.80. The number of carbonyl (C=O) groups excluding carboxylic acids is 1. The monoisotopic (exact) mass is 385 g/mol. The molecule has 0 aliphatic rings. The lowest BCUT2D eigenvalue weighted by Crippen LogP contribution is -2.38. The Hall–Kier alpha value is -2.96. The van der Waals surface area contributed by atoms with E-state index in [2.05, 4.69) is 25.9 Å². The number of hydrogen-bond acceptors (Lipinski definition) is 3. The number of aryl methyl sites for hydroxylation is 2. The summed E-state index contributed by atoms with van der Waals surface area (Å²) >= 11 is 0. The van der Waals surface area contributed by atoms with Gasteiger partial charge in [0.15, 0.2) is 5.96 Å². The molecule has 2 aromatic rings. The predicted octanol–water partition coefficient (Wildman–Crippen LogP) is 2.96. The van der Waals surface area contributed by atoms with Gasteiger partial charge in [-0.15, -0.1) is 0 Å². The minimum Gasteiger partial charge on any atom is -0.357 e. The maximum atomic E-state index is 13.2. The molecule has 3 N–H and O–H groups in total. The van der Waals surface area contributed by atoms with Gasteiger partial charge in [0, 0.05) is 25.2 Å². The zero-order valence-electron chi connectivity index (χ0n) is 16.7. The van der Waals surface area contributed by atoms with E-state index in [4.69, 9.17) is 0 Å². The number of anilines is 1. The van der Waals surface area contributed by atoms with Gasteiger partial charge in [-0.25, -0.2) is 9.37 Å². The fraction of sp³-hybridized carbons (Fsp3) is 0.381. The summed E-state index contributed by atoms with van der Waals surface area (Å²) < 4.78 is 13.2. The molecule has 0 atom stereocenters. The summed E-state index contributed by atoms with van der Waals surface area (Å²) in [4.78, 5) is 20.7. The van der Waals surface area contributed by atoms with Crippen molar-refractivity contribution in [1.82, 2.24) is 15.6 Å². The quantitative estimate of drug-likeness (QED) is 0.482. The van der Waals surface area contributed by atoms with Crippen LogP contribution in [0.25, 0.3) is 0 Å². The topological polar surface area (TPSA) is 78.4 Å². The summed E-state index contributed by atoms with van der Waals surface area (Å²) in [5, 5.41) is 9.17. The molecule has 7 heteroatoms. The van der Waals surface area contributed by atoms with Crippen molar-refractivity contribution in [2.75, 3.05) is 25.0 Å². The fourth-order valence-electron chi connectivity index (χ4n) is 2.68. The van der Waals surface area contributed by atoms with Gasteiger partial charge in [0.1, 0.15) is 11.6 Å². The van der Waals surface area contributed by atoms with E-state index in [9.17, 15) is 9.18 Å². The van der Waals surface area contributed by atoms with Crippen LogP contribution in [0.5, 0.6) is 0 Å². The van der Waals surface area contributed by atoms with Gasteiger partial charge in [-0.1, -0.05) is 12.1 Å². The van der Waals surface area contributed by atoms with E-state index in [0.29, 0.717) is 24.9 Å². The number of halogens is 1. The number of nitrogens with one attached hydrogen (secondary N) is 3. The van der Waals surface area contributed by atoms with Crippen LogP contribution in [0.4, 0.5) is 10.2 Å². The largest absolute Gasteiger partial charge is 0.357 e. The number of aliphatic imine (C=N–C) groups is 1. The molecule has 0 fully saturated rings. The molecule has 0 spiro atoms. The number of nitrogens with zero attached hydrogens (tertiary/aromatic N) is 2. The summed E-state index contributed by atoms with van der Waals surface area (Å²) in [5.74, 6) is 0.861. The van der Waals surface area contributed by atoms with Crippen LogP contribution in [0.2, 0.25) is 0 Å². The average Bonchev–Trinajstić information content (AvgIpc) is 2.63. The van der Waals surface area contributed by atoms with Crippen molar-refractivity contribution in [1.29, 1.82) is 0 Å². The van der Waals surface area contributed by atoms with Gasteiger partial charge >= 0.3 is 0 Å². The van der Waals surface area contributed by atoms with Crippen molar-refractivity contribution in [3.63, 3.8) is 0 Å². The number of amides is 1. The molecule has 1 amide bonds. The Bertz CT molecular complexity index is 822. The maximum Gasteiger partial charge on any atom is 0.227 e. The highest BCUT2D eigenvalue weighted by Gasteiger charge is 2.05. The normalized spacial score (nSPS) is 11.2. The van der Waals surface area contributed by atoms with Gasteiger partial charge in [0.05, 0.1) is 6.54 Å². The summed E-state index contributed by atoms with van der Waals surface area (Å²) in [6.07, 6.45) is 1.03. The van der Waals surface area contributed by atoms with Crippen LogP contribution >= 0.6 is 0 Å². The lowest BCUT2D eigenvalue weighted by Gasteiger charge is -2.12. The molecule has 1 heterocycles. The summed E-state index contributed by atoms with van der Waals surface area (Å²) in [7, 11) is 0. The molecule has 1 aromatic heterocycles. The first-order chi connectivity index (χ1) is 13.5. The number of rotatable bonds is 8. The first-order valence-electron chi connectivity index (χ1n) is 9.48. The lowest BCUT2D eigenvalue weighted by molar-refractivity contribution is -0.116. The van der Waals surface area contributed by atoms with Gasteiger partial charge in [-0.2, -0.15) is 0 Å². The molecule has 0 saturated carbocycles. The number of guanidine groups is 1. The Kier molecular flexibility index (Phi) is 8.39. The van der Waals surface area contributed by atoms with Crippen LogP contribution < -0.4 is 16.0 Å². The van der Waals surface area contributed by atoms with Gasteiger partial charge < -0.3 is 16.0 Å². The van der Waals surface area contributed by atoms with Crippen molar-refractivity contribution in [3.05, 3.63) is 59.0 Å². The Morgan fingerprint density at radius 2 is 2.00 bits per heavy atom. The summed E-state index contributed by atoms with van der Waals surface area (Å²) in [5.41, 5.74) is 2.88. The van der Waals surface area contributed by atoms with Gasteiger partial charge in [-0.05, 0) is 62.6 Å². The van der Waals surface area contributed by atoms with Crippen molar-refractivity contribution in [2.45, 2.75) is 33.6 Å². The highest BCUT2D eigenvalue weighted by atomic mass is 19.1. The van der Waals surface area contributed by atoms with Crippen LogP contribution in [0, 0.1) is 19.7 Å². The molecule has 0 bridgehead atoms. The molecule has 6 nitrogen and oxygen atoms in total. The number of carbonyl (C=O) groups is 1. The Morgan fingerprint density at radius 3 is 2.71 bits per heavy atom. The molecule has 1 aromatic carbocycles. The predicted molar refractivity (Wildman–Crippen MR) is 111 cm³/mol. The van der Waals surface area contributed by atoms with E-state index in [1.165, 1.54) is 12.1 Å². The molecule has 0 saturated heterocycles. The van der Waals surface area contributed by atoms with Gasteiger partial charge in [-0.3, -0.25) is 9.79 Å². The minimum absolute atomic E-state index is 0.125. The second-order valence-corrected chi connectivity index (χ2v) is 6.47. The molecule has 2 rings (SSSR count). The van der Waals surface area contributed by atoms with E-state index >= 15 is 0 Å². The third kappa shape index (κ3) is 7.34. The first-order valence-corrected chi connectivity index (χ1v) is 9.48. The van der Waals surface area contributed by atoms with E-state index in [1.54, 1.807) is 12.1 Å². The van der Waals surface area contributed by atoms with E-state index < -0.39 is 0 Å². The summed E-state index contributed by atoms with van der Waals surface area (Å²) in [6, 6.07) is 10.3. The van der Waals surface area contributed by atoms with Crippen LogP contribution in [0.3, 0.4) is 0 Å². The molecule has 0 aliphatic carbocycles. The molecule has 0 radical (unpaired) electrons. The van der Waals surface area contributed by atoms with Crippen molar-refractivity contribution >= 4 is 17.7 Å². The molecular weight excluding hydrogens is 357 g/mol. The zero-order valence-corrected chi connectivity index (χ0v) is 16.7. The van der Waals surface area contributed by atoms with Crippen LogP contribution in [0.1, 0.15) is 30.2 Å². The number of benzene rings is 1. The first kappa shape index (κ1) is 21.3. The average molecular weight is 385 g/mol. The van der Waals surface area contributed by atoms with Crippen molar-refractivity contribution in [3.8, 4) is 0 Å². The number of hydrogen-bond donors (Lipinski definition) is 3. The Labute approximate surface area is 165 Å². The highest BCUT2D eigenvalue weighted by Crippen LogP contribution is 2.10. The molecule has 28 heavy (non-hydrogen) atoms. The smallest absolute Gasteiger partial charge is 0.227 e. The van der Waals surface area contributed by atoms with E-state index in [0.717, 1.165) is 29.8 Å². The summed E-state index contributed by atoms with van der Waals surface area (Å²) in [6.45, 7) is 7.51. The van der Waals surface area contributed by atoms with Crippen molar-refractivity contribution in [2.24, 2.45) is 4.99 Å². The number of pyridine rings is 1.